The lowest BCUT2D eigenvalue weighted by Crippen LogP contribution is -2.36. The van der Waals surface area contributed by atoms with Gasteiger partial charge in [-0.3, -0.25) is 9.80 Å². The average Bonchev–Trinajstić information content (AvgIpc) is 3.92. The largest absolute Gasteiger partial charge is 0.492 e. The van der Waals surface area contributed by atoms with Crippen molar-refractivity contribution in [1.29, 1.82) is 0 Å². The fourth-order valence-electron chi connectivity index (χ4n) is 7.53. The van der Waals surface area contributed by atoms with Crippen molar-refractivity contribution in [2.75, 3.05) is 19.7 Å². The zero-order valence-electron chi connectivity index (χ0n) is 30.7. The summed E-state index contributed by atoms with van der Waals surface area (Å²) in [5.41, 5.74) is 5.33. The molecule has 12 heteroatoms. The minimum absolute atomic E-state index is 0.154. The van der Waals surface area contributed by atoms with Crippen LogP contribution >= 0.6 is 0 Å². The van der Waals surface area contributed by atoms with Crippen LogP contribution in [0, 0.1) is 0 Å². The van der Waals surface area contributed by atoms with Gasteiger partial charge in [0.1, 0.15) is 39.9 Å². The molecule has 5 aromatic rings. The van der Waals surface area contributed by atoms with Crippen molar-refractivity contribution < 1.29 is 28.2 Å². The van der Waals surface area contributed by atoms with E-state index in [1.165, 1.54) is 0 Å². The van der Waals surface area contributed by atoms with Gasteiger partial charge in [-0.15, -0.1) is 0 Å². The third-order valence-electron chi connectivity index (χ3n) is 9.83. The predicted octanol–water partition coefficient (Wildman–Crippen LogP) is 8.96. The molecule has 272 valence electrons. The van der Waals surface area contributed by atoms with Gasteiger partial charge >= 0.3 is 12.2 Å². The molecule has 0 saturated carbocycles. The van der Waals surface area contributed by atoms with E-state index >= 15 is 0 Å². The smallest absolute Gasteiger partial charge is 0.410 e. The highest BCUT2D eigenvalue weighted by atomic mass is 16.6. The molecule has 3 aliphatic rings. The quantitative estimate of drug-likeness (QED) is 0.189. The van der Waals surface area contributed by atoms with Crippen molar-refractivity contribution in [1.82, 2.24) is 29.7 Å². The number of carbonyl (C=O) groups is 2. The average molecular weight is 707 g/mol. The molecule has 0 radical (unpaired) electrons. The first-order valence-electron chi connectivity index (χ1n) is 18.2. The van der Waals surface area contributed by atoms with Gasteiger partial charge in [0.25, 0.3) is 0 Å². The van der Waals surface area contributed by atoms with Crippen molar-refractivity contribution in [3.05, 3.63) is 66.0 Å². The summed E-state index contributed by atoms with van der Waals surface area (Å²) in [6.07, 6.45) is 7.16. The molecule has 3 aromatic heterocycles. The van der Waals surface area contributed by atoms with Crippen molar-refractivity contribution >= 4 is 23.2 Å². The highest BCUT2D eigenvalue weighted by molar-refractivity contribution is 5.92. The topological polar surface area (TPSA) is 139 Å². The van der Waals surface area contributed by atoms with Gasteiger partial charge < -0.3 is 28.6 Å². The van der Waals surface area contributed by atoms with Crippen molar-refractivity contribution in [2.24, 2.45) is 0 Å². The standard InChI is InChI=1S/C40H46N6O6/c1-39(2,3)51-37(47)45-16-7-9-30(45)35-41-21-28(43-35)23-12-14-32-27(19-23)25-15-18-49-33-20-24(11-13-26(33)34(25)50-32)29-22-42-36(44-29)31-10-8-17-46(31)38(48)52-40(4,5)6/h11-14,19-22,30-31H,7-10,15-18H2,1-6H3,(H,41,43)(H,42,44)/t30-,31-/m0/s1. The van der Waals surface area contributed by atoms with Gasteiger partial charge in [0.05, 0.1) is 48.0 Å². The number of carbonyl (C=O) groups excluding carboxylic acids is 2. The van der Waals surface area contributed by atoms with E-state index in [2.05, 4.69) is 21.0 Å². The summed E-state index contributed by atoms with van der Waals surface area (Å²) in [4.78, 5) is 45.7. The Morgan fingerprint density at radius 1 is 0.788 bits per heavy atom. The Kier molecular flexibility index (Phi) is 8.30. The van der Waals surface area contributed by atoms with Gasteiger partial charge in [-0.2, -0.15) is 0 Å². The fourth-order valence-corrected chi connectivity index (χ4v) is 7.53. The van der Waals surface area contributed by atoms with E-state index in [9.17, 15) is 9.59 Å². The van der Waals surface area contributed by atoms with Crippen LogP contribution in [-0.2, 0) is 15.9 Å². The van der Waals surface area contributed by atoms with Gasteiger partial charge in [-0.1, -0.05) is 6.07 Å². The molecule has 2 saturated heterocycles. The predicted molar refractivity (Wildman–Crippen MR) is 196 cm³/mol. The number of hydrogen-bond acceptors (Lipinski definition) is 8. The fraction of sp³-hybridized carbons (Fsp3) is 0.450. The number of aromatic amines is 2. The van der Waals surface area contributed by atoms with Crippen LogP contribution in [0.5, 0.6) is 5.75 Å². The van der Waals surface area contributed by atoms with E-state index in [4.69, 9.17) is 23.6 Å². The highest BCUT2D eigenvalue weighted by Crippen LogP contribution is 2.43. The molecule has 3 aliphatic heterocycles. The molecule has 12 nitrogen and oxygen atoms in total. The van der Waals surface area contributed by atoms with E-state index in [1.54, 1.807) is 9.80 Å². The third-order valence-corrected chi connectivity index (χ3v) is 9.83. The Morgan fingerprint density at radius 2 is 1.35 bits per heavy atom. The number of fused-ring (bicyclic) bond motifs is 5. The number of hydrogen-bond donors (Lipinski definition) is 2. The van der Waals surface area contributed by atoms with Gasteiger partial charge in [0.15, 0.2) is 0 Å². The Morgan fingerprint density at radius 3 is 1.92 bits per heavy atom. The molecule has 0 bridgehead atoms. The van der Waals surface area contributed by atoms with Gasteiger partial charge in [0, 0.05) is 41.6 Å². The Labute approximate surface area is 302 Å². The first-order chi connectivity index (χ1) is 24.8. The van der Waals surface area contributed by atoms with Crippen LogP contribution in [0.1, 0.15) is 96.5 Å². The second-order valence-electron chi connectivity index (χ2n) is 16.0. The van der Waals surface area contributed by atoms with Crippen molar-refractivity contribution in [2.45, 2.75) is 96.9 Å². The molecule has 0 aliphatic carbocycles. The number of amides is 2. The molecule has 8 rings (SSSR count). The zero-order valence-corrected chi connectivity index (χ0v) is 30.7. The number of nitrogens with one attached hydrogen (secondary N) is 2. The number of imidazole rings is 2. The maximum Gasteiger partial charge on any atom is 0.410 e. The number of benzene rings is 2. The molecule has 2 atom stereocenters. The monoisotopic (exact) mass is 706 g/mol. The Hall–Kier alpha value is -5.26. The van der Waals surface area contributed by atoms with E-state index in [0.717, 1.165) is 93.5 Å². The molecule has 2 aromatic carbocycles. The normalized spacial score (nSPS) is 19.0. The van der Waals surface area contributed by atoms with E-state index in [1.807, 2.05) is 84.3 Å². The Bertz CT molecular complexity index is 2150. The summed E-state index contributed by atoms with van der Waals surface area (Å²) >= 11 is 0. The summed E-state index contributed by atoms with van der Waals surface area (Å²) in [5, 5.41) is 1.03. The van der Waals surface area contributed by atoms with Crippen LogP contribution < -0.4 is 4.74 Å². The van der Waals surface area contributed by atoms with Crippen molar-refractivity contribution in [3.63, 3.8) is 0 Å². The molecule has 2 N–H and O–H groups in total. The highest BCUT2D eigenvalue weighted by Gasteiger charge is 2.36. The minimum atomic E-state index is -0.560. The zero-order chi connectivity index (χ0) is 36.4. The number of ether oxygens (including phenoxy) is 3. The SMILES string of the molecule is CC(C)(C)OC(=O)N1CCC[C@H]1c1ncc(-c2ccc3c(c2)OCCc2c-3oc3ccc(-c4cnc([C@@H]5CCCN5C(=O)OC(C)(C)C)[nH]4)cc23)[nH]1. The summed E-state index contributed by atoms with van der Waals surface area (Å²) in [6, 6.07) is 12.0. The van der Waals surface area contributed by atoms with Crippen LogP contribution in [0.15, 0.2) is 53.2 Å². The van der Waals surface area contributed by atoms with Crippen LogP contribution in [0.2, 0.25) is 0 Å². The molecular weight excluding hydrogens is 660 g/mol. The van der Waals surface area contributed by atoms with Gasteiger partial charge in [-0.05, 0) is 97.6 Å². The number of rotatable bonds is 4. The molecule has 0 spiro atoms. The summed E-state index contributed by atoms with van der Waals surface area (Å²) in [5.74, 6) is 3.06. The van der Waals surface area contributed by atoms with Crippen LogP contribution in [-0.4, -0.2) is 72.8 Å². The number of furan rings is 1. The second kappa shape index (κ2) is 12.8. The summed E-state index contributed by atoms with van der Waals surface area (Å²) in [7, 11) is 0. The van der Waals surface area contributed by atoms with Gasteiger partial charge in [-0.25, -0.2) is 19.6 Å². The first-order valence-corrected chi connectivity index (χ1v) is 18.2. The molecule has 52 heavy (non-hydrogen) atoms. The van der Waals surface area contributed by atoms with Crippen molar-refractivity contribution in [3.8, 4) is 39.6 Å². The Balaban J connectivity index is 1.03. The second-order valence-corrected chi connectivity index (χ2v) is 16.0. The molecule has 0 unspecified atom stereocenters. The molecular formula is C40H46N6O6. The lowest BCUT2D eigenvalue weighted by Gasteiger charge is -2.27. The van der Waals surface area contributed by atoms with Gasteiger partial charge in [0.2, 0.25) is 0 Å². The maximum absolute atomic E-state index is 12.9. The number of H-pyrrole nitrogens is 2. The first kappa shape index (κ1) is 33.9. The van der Waals surface area contributed by atoms with E-state index in [-0.39, 0.29) is 24.3 Å². The summed E-state index contributed by atoms with van der Waals surface area (Å²) < 4.78 is 24.2. The maximum atomic E-state index is 12.9. The molecule has 6 heterocycles. The third kappa shape index (κ3) is 6.50. The van der Waals surface area contributed by atoms with Crippen LogP contribution in [0.3, 0.4) is 0 Å². The summed E-state index contributed by atoms with van der Waals surface area (Å²) in [6.45, 7) is 13.1. The minimum Gasteiger partial charge on any atom is -0.492 e. The van der Waals surface area contributed by atoms with E-state index < -0.39 is 11.2 Å². The van der Waals surface area contributed by atoms with Crippen LogP contribution in [0.4, 0.5) is 9.59 Å². The number of nitrogens with zero attached hydrogens (tertiary/aromatic N) is 4. The molecule has 2 amide bonds. The number of aromatic nitrogens is 4. The van der Waals surface area contributed by atoms with E-state index in [0.29, 0.717) is 26.1 Å². The van der Waals surface area contributed by atoms with Crippen LogP contribution in [0.25, 0.3) is 44.8 Å². The number of likely N-dealkylation sites (tertiary alicyclic amines) is 2. The molecule has 2 fully saturated rings. The lowest BCUT2D eigenvalue weighted by atomic mass is 10.0. The lowest BCUT2D eigenvalue weighted by molar-refractivity contribution is 0.0208.